The molecule has 0 saturated carbocycles. The molecule has 5 aliphatic heterocycles. The molecule has 5 fully saturated rings. The van der Waals surface area contributed by atoms with Crippen LogP contribution in [0.2, 0.25) is 0 Å². The summed E-state index contributed by atoms with van der Waals surface area (Å²) in [5.41, 5.74) is 3.47. The van der Waals surface area contributed by atoms with E-state index in [0.717, 1.165) is 103 Å². The van der Waals surface area contributed by atoms with Crippen molar-refractivity contribution in [3.63, 3.8) is 0 Å². The zero-order valence-corrected chi connectivity index (χ0v) is 66.3. The molecule has 0 aromatic rings. The van der Waals surface area contributed by atoms with Crippen LogP contribution in [-0.4, -0.2) is 294 Å². The Hall–Kier alpha value is -7.57. The van der Waals surface area contributed by atoms with Crippen molar-refractivity contribution < 1.29 is 105 Å². The lowest BCUT2D eigenvalue weighted by molar-refractivity contribution is -0.160. The van der Waals surface area contributed by atoms with Crippen molar-refractivity contribution in [3.05, 3.63) is 0 Å². The van der Waals surface area contributed by atoms with Crippen molar-refractivity contribution in [2.24, 2.45) is 5.73 Å². The number of nitrogens with two attached hydrogens (primary N) is 1. The van der Waals surface area contributed by atoms with Crippen LogP contribution in [0.1, 0.15) is 168 Å². The van der Waals surface area contributed by atoms with Gasteiger partial charge in [0.2, 0.25) is 29.5 Å². The van der Waals surface area contributed by atoms with Gasteiger partial charge >= 0.3 is 48.0 Å². The van der Waals surface area contributed by atoms with E-state index in [1.165, 1.54) is 42.1 Å². The first-order valence-corrected chi connectivity index (χ1v) is 34.5. The van der Waals surface area contributed by atoms with E-state index in [4.69, 9.17) is 34.6 Å². The molecule has 0 bridgehead atoms. The summed E-state index contributed by atoms with van der Waals surface area (Å²) in [6, 6.07) is -4.59. The van der Waals surface area contributed by atoms with Gasteiger partial charge in [0.25, 0.3) is 0 Å². The number of methoxy groups -OCH3 is 3. The zero-order valence-electron chi connectivity index (χ0n) is 65.5. The van der Waals surface area contributed by atoms with Crippen LogP contribution in [0.25, 0.3) is 0 Å². The van der Waals surface area contributed by atoms with Gasteiger partial charge in [-0.3, -0.25) is 58.0 Å². The third-order valence-electron chi connectivity index (χ3n) is 15.0. The Labute approximate surface area is 620 Å². The van der Waals surface area contributed by atoms with Crippen molar-refractivity contribution in [3.8, 4) is 0 Å². The van der Waals surface area contributed by atoms with Crippen molar-refractivity contribution >= 4 is 96.2 Å². The van der Waals surface area contributed by atoms with Crippen LogP contribution < -0.4 is 48.3 Å². The quantitative estimate of drug-likeness (QED) is 0.0463. The lowest BCUT2D eigenvalue weighted by Gasteiger charge is -2.24. The number of carboxylic acids is 1. The maximum absolute atomic E-state index is 12.3. The third-order valence-corrected chi connectivity index (χ3v) is 15.0. The number of likely N-dealkylation sites (tertiary alicyclic amines) is 4. The molecule has 104 heavy (non-hydrogen) atoms. The van der Waals surface area contributed by atoms with Gasteiger partial charge in [-0.15, -0.1) is 12.4 Å². The van der Waals surface area contributed by atoms with Crippen molar-refractivity contribution in [2.45, 2.75) is 245 Å². The molecule has 0 aromatic heterocycles. The highest BCUT2D eigenvalue weighted by Gasteiger charge is 2.36. The van der Waals surface area contributed by atoms with Gasteiger partial charge in [0, 0.05) is 33.5 Å². The second-order valence-corrected chi connectivity index (χ2v) is 28.8. The Morgan fingerprint density at radius 1 is 0.462 bits per heavy atom. The average Bonchev–Trinajstić information content (AvgIpc) is 1.69. The highest BCUT2D eigenvalue weighted by molar-refractivity contribution is 5.90. The molecule has 5 rings (SSSR count). The summed E-state index contributed by atoms with van der Waals surface area (Å²) >= 11 is 0. The highest BCUT2D eigenvalue weighted by atomic mass is 35.5. The molecule has 7 amide bonds. The Balaban J connectivity index is -0.00000118. The molecule has 5 aliphatic rings. The Morgan fingerprint density at radius 3 is 1.04 bits per heavy atom. The molecular weight excluding hydrogens is 1390 g/mol. The molecule has 0 aromatic carbocycles. The summed E-state index contributed by atoms with van der Waals surface area (Å²) < 4.78 is 34.3. The van der Waals surface area contributed by atoms with E-state index < -0.39 is 71.4 Å². The number of nitrogens with one attached hydrogen (secondary N) is 8. The summed E-state index contributed by atoms with van der Waals surface area (Å²) in [6.07, 6.45) is 8.58. The lowest BCUT2D eigenvalue weighted by atomic mass is 10.1. The zero-order chi connectivity index (χ0) is 79.8. The van der Waals surface area contributed by atoms with Gasteiger partial charge in [-0.1, -0.05) is 0 Å². The smallest absolute Gasteiger partial charge is 0.407 e. The number of amides is 7. The van der Waals surface area contributed by atoms with E-state index >= 15 is 0 Å². The molecule has 5 heterocycles. The van der Waals surface area contributed by atoms with E-state index in [-0.39, 0.29) is 121 Å². The minimum atomic E-state index is -1.15. The standard InChI is InChI=1S/C15H27N3O5.C12H21N3O4.C11H19N3O4.C10H19NO2.C9H18N2O4.C9H17NO2.C2H4O.ClH/c1-15(2,3)23-14(21)16-9-10(13(20)22-5)17-12(19)11-7-6-8-18(11)4;1-8(16)13-7-9(12(18)19-3)14-11(17)10-5-4-6-15(10)2;1-7(15)12-6-8(11(17)18)13-10(16)9-4-3-5-14(9)2;1-10(2,3)13-9(12)8-6-5-7-11(8)4;1-9(2,3)15-8(13)11-5-6(10)7(12)14-4;1-9(2,3)12-8(11)7-5-4-6-10-7;1-2-3;/h10-11H,6-9H2,1-5H3,(H,16,21)(H,17,19);9-10H,4-7H2,1-3H3,(H,13,16)(H,14,17);8-9H,3-6H2,1-2H3,(H,12,15)(H,13,16)(H,17,18);8H,5-7H2,1-4H3;6H,5,10H2,1-4H3,(H,11,13);7,10H,4-6H2,1-3H3;2H,1H3;1H. The number of rotatable bonds is 20. The highest BCUT2D eigenvalue weighted by Crippen LogP contribution is 2.21. The fourth-order valence-electron chi connectivity index (χ4n) is 9.97. The van der Waals surface area contributed by atoms with Gasteiger partial charge in [0.1, 0.15) is 64.9 Å². The number of aliphatic carboxylic acids is 1. The van der Waals surface area contributed by atoms with Crippen molar-refractivity contribution in [2.75, 3.05) is 108 Å². The molecule has 0 radical (unpaired) electrons. The molecule has 9 atom stereocenters. The molecule has 11 N–H and O–H groups in total. The van der Waals surface area contributed by atoms with Crippen LogP contribution in [0.15, 0.2) is 0 Å². The van der Waals surface area contributed by atoms with Crippen LogP contribution >= 0.6 is 12.4 Å². The minimum Gasteiger partial charge on any atom is -0.480 e. The Bertz CT molecular complexity index is 2700. The number of ether oxygens (including phenoxy) is 7. The second-order valence-electron chi connectivity index (χ2n) is 28.8. The summed E-state index contributed by atoms with van der Waals surface area (Å²) in [4.78, 5) is 165. The van der Waals surface area contributed by atoms with Crippen LogP contribution in [0, 0.1) is 0 Å². The molecule has 0 spiro atoms. The number of carbonyl (C=O) groups is 14. The van der Waals surface area contributed by atoms with E-state index in [1.54, 1.807) is 41.5 Å². The number of esters is 5. The fraction of sp³-hybridized carbons (Fsp3) is 0.794. The molecule has 602 valence electrons. The molecule has 9 unspecified atom stereocenters. The van der Waals surface area contributed by atoms with E-state index in [1.807, 2.05) is 84.4 Å². The predicted octanol–water partition coefficient (Wildman–Crippen LogP) is 1.06. The van der Waals surface area contributed by atoms with E-state index in [2.05, 4.69) is 61.6 Å². The summed E-state index contributed by atoms with van der Waals surface area (Å²) in [5.74, 6) is -4.44. The van der Waals surface area contributed by atoms with Crippen molar-refractivity contribution in [1.29, 1.82) is 0 Å². The lowest BCUT2D eigenvalue weighted by Crippen LogP contribution is -2.53. The van der Waals surface area contributed by atoms with Crippen LogP contribution in [0.3, 0.4) is 0 Å². The number of hydrogen-bond donors (Lipinski definition) is 10. The number of aldehydes is 1. The number of nitrogens with zero attached hydrogens (tertiary/aromatic N) is 4. The first kappa shape index (κ1) is 101. The molecule has 0 aliphatic carbocycles. The fourth-order valence-corrected chi connectivity index (χ4v) is 9.97. The van der Waals surface area contributed by atoms with Crippen molar-refractivity contribution in [1.82, 2.24) is 62.1 Å². The maximum Gasteiger partial charge on any atom is 0.407 e. The first-order valence-electron chi connectivity index (χ1n) is 34.5. The van der Waals surface area contributed by atoms with Gasteiger partial charge in [0.15, 0.2) is 0 Å². The summed E-state index contributed by atoms with van der Waals surface area (Å²) in [6.45, 7) is 30.2. The number of likely N-dealkylation sites (N-methyl/N-ethyl adjacent to an activating group) is 4. The third kappa shape index (κ3) is 46.3. The number of hydrogen-bond acceptors (Lipinski definition) is 27. The van der Waals surface area contributed by atoms with Gasteiger partial charge in [-0.25, -0.2) is 24.0 Å². The van der Waals surface area contributed by atoms with Crippen LogP contribution in [0.5, 0.6) is 0 Å². The predicted molar refractivity (Wildman–Crippen MR) is 388 cm³/mol. The SMILES string of the molecule is CC(=O)NCC(NC(=O)C1CCCN1C)C(=O)O.CC(C)(C)OC(=O)C1CCCN1.CC=O.CN1CCCC1C(=O)OC(C)(C)C.COC(=O)C(CNC(=O)OC(C)(C)C)NC(=O)C1CCCN1C.COC(=O)C(CNC(C)=O)NC(=O)C1CCCN1C.COC(=O)C(N)CNC(=O)OC(C)(C)C.Cl. The minimum absolute atomic E-state index is 0. The Morgan fingerprint density at radius 2 is 0.760 bits per heavy atom. The number of halogens is 1. The van der Waals surface area contributed by atoms with Gasteiger partial charge in [-0.2, -0.15) is 0 Å². The topological polar surface area (TPSA) is 459 Å². The molecular formula is C68H126ClN13O22. The van der Waals surface area contributed by atoms with Crippen LogP contribution in [0.4, 0.5) is 9.59 Å². The monoisotopic (exact) mass is 1510 g/mol. The normalized spacial score (nSPS) is 19.7. The number of carbonyl (C=O) groups excluding carboxylic acids is 13. The van der Waals surface area contributed by atoms with Gasteiger partial charge < -0.3 is 91.3 Å². The Kier molecular flexibility index (Phi) is 49.1. The first-order chi connectivity index (χ1) is 47.6. The number of alkyl carbamates (subject to hydrolysis) is 2. The maximum atomic E-state index is 12.3. The van der Waals surface area contributed by atoms with E-state index in [9.17, 15) is 62.3 Å². The molecule has 36 heteroatoms. The largest absolute Gasteiger partial charge is 0.480 e. The summed E-state index contributed by atoms with van der Waals surface area (Å²) in [7, 11) is 11.3. The van der Waals surface area contributed by atoms with Gasteiger partial charge in [-0.05, 0) is 215 Å². The summed E-state index contributed by atoms with van der Waals surface area (Å²) in [5, 5.41) is 29.5. The van der Waals surface area contributed by atoms with Gasteiger partial charge in [0.05, 0.1) is 46.0 Å². The number of carboxylic acid groups (broad SMARTS) is 1. The molecule has 5 saturated heterocycles. The van der Waals surface area contributed by atoms with E-state index in [0.29, 0.717) is 0 Å². The second kappa shape index (κ2) is 50.8. The average molecular weight is 1510 g/mol. The molecule has 35 nitrogen and oxygen atoms in total. The van der Waals surface area contributed by atoms with Crippen LogP contribution in [-0.2, 0) is 90.7 Å².